The standard InChI is InChI=1S/C23H25ClN4O2/c1-15(25-23(30)21-12-16-7-8-17(24)13-20(16)27-21)11-22(29)26-18-5-4-6-19(14-18)28-9-2-3-10-28/h4-8,12-15,27H,2-3,9-11H2,1H3,(H,25,30)(H,26,29). The fraction of sp³-hybridized carbons (Fsp3) is 0.304. The van der Waals surface area contributed by atoms with Crippen molar-refractivity contribution in [2.75, 3.05) is 23.3 Å². The summed E-state index contributed by atoms with van der Waals surface area (Å²) in [7, 11) is 0. The molecule has 1 saturated heterocycles. The number of hydrogen-bond acceptors (Lipinski definition) is 3. The van der Waals surface area contributed by atoms with Crippen molar-refractivity contribution in [3.05, 3.63) is 59.2 Å². The number of hydrogen-bond donors (Lipinski definition) is 3. The Morgan fingerprint density at radius 2 is 1.93 bits per heavy atom. The maximum atomic E-state index is 12.5. The number of H-pyrrole nitrogens is 1. The van der Waals surface area contributed by atoms with Gasteiger partial charge < -0.3 is 20.5 Å². The molecule has 2 amide bonds. The number of rotatable bonds is 6. The van der Waals surface area contributed by atoms with E-state index in [-0.39, 0.29) is 24.3 Å². The molecule has 156 valence electrons. The van der Waals surface area contributed by atoms with Gasteiger partial charge in [0.25, 0.3) is 5.91 Å². The molecule has 6 nitrogen and oxygen atoms in total. The number of carbonyl (C=O) groups excluding carboxylic acids is 2. The first-order valence-corrected chi connectivity index (χ1v) is 10.6. The van der Waals surface area contributed by atoms with E-state index >= 15 is 0 Å². The van der Waals surface area contributed by atoms with Crippen LogP contribution in [0.1, 0.15) is 36.7 Å². The van der Waals surface area contributed by atoms with Crippen LogP contribution >= 0.6 is 11.6 Å². The van der Waals surface area contributed by atoms with Crippen molar-refractivity contribution in [3.63, 3.8) is 0 Å². The van der Waals surface area contributed by atoms with Crippen LogP contribution < -0.4 is 15.5 Å². The molecule has 0 spiro atoms. The van der Waals surface area contributed by atoms with Crippen molar-refractivity contribution in [2.24, 2.45) is 0 Å². The smallest absolute Gasteiger partial charge is 0.267 e. The molecule has 2 heterocycles. The zero-order chi connectivity index (χ0) is 21.1. The fourth-order valence-electron chi connectivity index (χ4n) is 3.82. The quantitative estimate of drug-likeness (QED) is 0.542. The lowest BCUT2D eigenvalue weighted by Crippen LogP contribution is -2.35. The van der Waals surface area contributed by atoms with Crippen molar-refractivity contribution in [1.82, 2.24) is 10.3 Å². The van der Waals surface area contributed by atoms with Crippen molar-refractivity contribution >= 4 is 45.7 Å². The van der Waals surface area contributed by atoms with Gasteiger partial charge in [0.15, 0.2) is 0 Å². The van der Waals surface area contributed by atoms with E-state index < -0.39 is 0 Å². The highest BCUT2D eigenvalue weighted by atomic mass is 35.5. The molecule has 1 aliphatic heterocycles. The lowest BCUT2D eigenvalue weighted by atomic mass is 10.2. The Kier molecular flexibility index (Phi) is 5.95. The molecule has 30 heavy (non-hydrogen) atoms. The number of amides is 2. The van der Waals surface area contributed by atoms with Crippen LogP contribution in [-0.2, 0) is 4.79 Å². The summed E-state index contributed by atoms with van der Waals surface area (Å²) in [4.78, 5) is 30.4. The minimum atomic E-state index is -0.311. The zero-order valence-corrected chi connectivity index (χ0v) is 17.6. The molecule has 4 rings (SSSR count). The van der Waals surface area contributed by atoms with Crippen LogP contribution in [0.3, 0.4) is 0 Å². The molecule has 0 radical (unpaired) electrons. The lowest BCUT2D eigenvalue weighted by molar-refractivity contribution is -0.116. The Morgan fingerprint density at radius 1 is 1.13 bits per heavy atom. The van der Waals surface area contributed by atoms with Crippen molar-refractivity contribution in [2.45, 2.75) is 32.2 Å². The minimum Gasteiger partial charge on any atom is -0.371 e. The van der Waals surface area contributed by atoms with Gasteiger partial charge in [0, 0.05) is 52.9 Å². The van der Waals surface area contributed by atoms with Crippen LogP contribution in [0.15, 0.2) is 48.5 Å². The second-order valence-corrected chi connectivity index (χ2v) is 8.22. The number of benzene rings is 2. The predicted octanol–water partition coefficient (Wildman–Crippen LogP) is 4.57. The van der Waals surface area contributed by atoms with E-state index in [1.165, 1.54) is 12.8 Å². The van der Waals surface area contributed by atoms with Gasteiger partial charge in [0.1, 0.15) is 5.69 Å². The Balaban J connectivity index is 1.33. The van der Waals surface area contributed by atoms with Gasteiger partial charge in [-0.05, 0) is 56.2 Å². The van der Waals surface area contributed by atoms with E-state index in [1.807, 2.05) is 31.2 Å². The number of anilines is 2. The van der Waals surface area contributed by atoms with Gasteiger partial charge >= 0.3 is 0 Å². The summed E-state index contributed by atoms with van der Waals surface area (Å²) in [6.07, 6.45) is 2.60. The summed E-state index contributed by atoms with van der Waals surface area (Å²) in [6.45, 7) is 3.93. The minimum absolute atomic E-state index is 0.134. The molecule has 1 aromatic heterocycles. The van der Waals surface area contributed by atoms with Crippen LogP contribution in [0.4, 0.5) is 11.4 Å². The van der Waals surface area contributed by atoms with Gasteiger partial charge in [-0.3, -0.25) is 9.59 Å². The molecular formula is C23H25ClN4O2. The number of fused-ring (bicyclic) bond motifs is 1. The monoisotopic (exact) mass is 424 g/mol. The first-order valence-electron chi connectivity index (χ1n) is 10.2. The van der Waals surface area contributed by atoms with Crippen LogP contribution in [0, 0.1) is 0 Å². The van der Waals surface area contributed by atoms with Gasteiger partial charge in [-0.25, -0.2) is 0 Å². The lowest BCUT2D eigenvalue weighted by Gasteiger charge is -2.19. The molecule has 3 N–H and O–H groups in total. The number of nitrogens with one attached hydrogen (secondary N) is 3. The third kappa shape index (κ3) is 4.76. The van der Waals surface area contributed by atoms with Crippen LogP contribution in [0.25, 0.3) is 10.9 Å². The summed E-state index contributed by atoms with van der Waals surface area (Å²) in [5.74, 6) is -0.386. The third-order valence-corrected chi connectivity index (χ3v) is 5.53. The van der Waals surface area contributed by atoms with E-state index in [0.29, 0.717) is 10.7 Å². The Hall–Kier alpha value is -2.99. The molecule has 1 atom stereocenters. The third-order valence-electron chi connectivity index (χ3n) is 5.30. The predicted molar refractivity (Wildman–Crippen MR) is 121 cm³/mol. The maximum Gasteiger partial charge on any atom is 0.267 e. The normalized spacial score (nSPS) is 14.7. The molecule has 2 aromatic carbocycles. The zero-order valence-electron chi connectivity index (χ0n) is 16.9. The summed E-state index contributed by atoms with van der Waals surface area (Å²) in [6, 6.07) is 14.8. The number of halogens is 1. The van der Waals surface area contributed by atoms with E-state index in [9.17, 15) is 9.59 Å². The molecule has 3 aromatic rings. The largest absolute Gasteiger partial charge is 0.371 e. The van der Waals surface area contributed by atoms with Gasteiger partial charge in [-0.1, -0.05) is 23.7 Å². The average molecular weight is 425 g/mol. The molecule has 0 bridgehead atoms. The van der Waals surface area contributed by atoms with Crippen molar-refractivity contribution in [3.8, 4) is 0 Å². The SMILES string of the molecule is CC(CC(=O)Nc1cccc(N2CCCC2)c1)NC(=O)c1cc2ccc(Cl)cc2[nH]1. The Labute approximate surface area is 180 Å². The Bertz CT molecular complexity index is 1070. The average Bonchev–Trinajstić information content (AvgIpc) is 3.37. The fourth-order valence-corrected chi connectivity index (χ4v) is 3.99. The molecular weight excluding hydrogens is 400 g/mol. The molecule has 1 aliphatic rings. The first kappa shape index (κ1) is 20.3. The topological polar surface area (TPSA) is 77.2 Å². The second kappa shape index (κ2) is 8.79. The van der Waals surface area contributed by atoms with Crippen molar-refractivity contribution in [1.29, 1.82) is 0 Å². The number of nitrogens with zero attached hydrogens (tertiary/aromatic N) is 1. The second-order valence-electron chi connectivity index (χ2n) is 7.79. The van der Waals surface area contributed by atoms with E-state index in [2.05, 4.69) is 26.6 Å². The van der Waals surface area contributed by atoms with Gasteiger partial charge in [-0.2, -0.15) is 0 Å². The molecule has 1 unspecified atom stereocenters. The van der Waals surface area contributed by atoms with Gasteiger partial charge in [0.2, 0.25) is 5.91 Å². The number of carbonyl (C=O) groups is 2. The van der Waals surface area contributed by atoms with E-state index in [1.54, 1.807) is 18.2 Å². The van der Waals surface area contributed by atoms with E-state index in [4.69, 9.17) is 11.6 Å². The molecule has 7 heteroatoms. The highest BCUT2D eigenvalue weighted by Gasteiger charge is 2.16. The maximum absolute atomic E-state index is 12.5. The van der Waals surface area contributed by atoms with Crippen LogP contribution in [0.5, 0.6) is 0 Å². The molecule has 0 aliphatic carbocycles. The van der Waals surface area contributed by atoms with Gasteiger partial charge in [-0.15, -0.1) is 0 Å². The Morgan fingerprint density at radius 3 is 2.73 bits per heavy atom. The highest BCUT2D eigenvalue weighted by molar-refractivity contribution is 6.31. The summed E-state index contributed by atoms with van der Waals surface area (Å²) in [5, 5.41) is 7.33. The van der Waals surface area contributed by atoms with E-state index in [0.717, 1.165) is 35.4 Å². The molecule has 0 saturated carbocycles. The van der Waals surface area contributed by atoms with Crippen LogP contribution in [-0.4, -0.2) is 35.9 Å². The first-order chi connectivity index (χ1) is 14.5. The highest BCUT2D eigenvalue weighted by Crippen LogP contribution is 2.23. The summed E-state index contributed by atoms with van der Waals surface area (Å²) >= 11 is 5.99. The van der Waals surface area contributed by atoms with Crippen LogP contribution in [0.2, 0.25) is 5.02 Å². The van der Waals surface area contributed by atoms with Crippen molar-refractivity contribution < 1.29 is 9.59 Å². The summed E-state index contributed by atoms with van der Waals surface area (Å²) < 4.78 is 0. The van der Waals surface area contributed by atoms with Gasteiger partial charge in [0.05, 0.1) is 0 Å². The number of aromatic amines is 1. The molecule has 1 fully saturated rings. The number of aromatic nitrogens is 1. The summed E-state index contributed by atoms with van der Waals surface area (Å²) in [5.41, 5.74) is 3.15.